The van der Waals surface area contributed by atoms with Crippen LogP contribution in [0.25, 0.3) is 5.95 Å². The Bertz CT molecular complexity index is 895. The summed E-state index contributed by atoms with van der Waals surface area (Å²) in [6.07, 6.45) is 3.55. The highest BCUT2D eigenvalue weighted by Crippen LogP contribution is 2.18. The average molecular weight is 357 g/mol. The predicted octanol–water partition coefficient (Wildman–Crippen LogP) is 2.05. The summed E-state index contributed by atoms with van der Waals surface area (Å²) in [6, 6.07) is 3.69. The molecule has 1 N–H and O–H groups in total. The number of carbonyl (C=O) groups excluding carboxylic acids is 1. The van der Waals surface area contributed by atoms with Gasteiger partial charge in [-0.2, -0.15) is 9.78 Å². The number of anilines is 1. The number of carbonyl (C=O) groups is 1. The molecule has 3 heterocycles. The quantitative estimate of drug-likeness (QED) is 0.703. The van der Waals surface area contributed by atoms with Crippen molar-refractivity contribution >= 4 is 23.5 Å². The number of hydrogen-bond donors (Lipinski definition) is 1. The van der Waals surface area contributed by atoms with Gasteiger partial charge in [-0.1, -0.05) is 11.8 Å². The largest absolute Gasteiger partial charge is 0.329 e. The number of aromatic nitrogens is 6. The summed E-state index contributed by atoms with van der Waals surface area (Å²) in [7, 11) is 1.89. The van der Waals surface area contributed by atoms with Crippen LogP contribution in [0.2, 0.25) is 0 Å². The van der Waals surface area contributed by atoms with Crippen LogP contribution in [0.15, 0.2) is 29.7 Å². The Kier molecular flexibility index (Phi) is 4.84. The van der Waals surface area contributed by atoms with Gasteiger partial charge in [0.1, 0.15) is 5.82 Å². The zero-order valence-corrected chi connectivity index (χ0v) is 15.3. The number of imidazole rings is 1. The molecule has 0 saturated heterocycles. The summed E-state index contributed by atoms with van der Waals surface area (Å²) in [5.74, 6) is 1.10. The van der Waals surface area contributed by atoms with E-state index in [1.165, 1.54) is 11.8 Å². The first-order valence-electron chi connectivity index (χ1n) is 7.71. The van der Waals surface area contributed by atoms with E-state index < -0.39 is 0 Å². The lowest BCUT2D eigenvalue weighted by atomic mass is 10.4. The van der Waals surface area contributed by atoms with Crippen molar-refractivity contribution in [2.24, 2.45) is 7.05 Å². The molecule has 3 rings (SSSR count). The molecule has 0 bridgehead atoms. The molecule has 0 radical (unpaired) electrons. The Labute approximate surface area is 149 Å². The van der Waals surface area contributed by atoms with Crippen LogP contribution in [0.5, 0.6) is 0 Å². The number of rotatable bonds is 5. The van der Waals surface area contributed by atoms with E-state index in [1.54, 1.807) is 16.9 Å². The van der Waals surface area contributed by atoms with Crippen molar-refractivity contribution in [3.8, 4) is 5.95 Å². The Hall–Kier alpha value is -2.68. The lowest BCUT2D eigenvalue weighted by molar-refractivity contribution is -0.113. The van der Waals surface area contributed by atoms with Crippen molar-refractivity contribution in [2.75, 3.05) is 11.1 Å². The van der Waals surface area contributed by atoms with Gasteiger partial charge in [0.15, 0.2) is 5.16 Å². The molecule has 0 atom stereocenters. The first-order chi connectivity index (χ1) is 11.9. The SMILES string of the molecule is Cc1cc(C)nc(-n2nc(C)cc2NC(=O)CSc2nccn2C)n1. The molecule has 130 valence electrons. The first-order valence-corrected chi connectivity index (χ1v) is 8.70. The van der Waals surface area contributed by atoms with Crippen LogP contribution in [-0.4, -0.2) is 41.0 Å². The summed E-state index contributed by atoms with van der Waals surface area (Å²) in [5.41, 5.74) is 2.46. The fourth-order valence-corrected chi connectivity index (χ4v) is 3.08. The molecule has 8 nitrogen and oxygen atoms in total. The van der Waals surface area contributed by atoms with E-state index in [1.807, 2.05) is 44.6 Å². The zero-order valence-electron chi connectivity index (χ0n) is 14.5. The van der Waals surface area contributed by atoms with Gasteiger partial charge >= 0.3 is 0 Å². The predicted molar refractivity (Wildman–Crippen MR) is 95.9 cm³/mol. The van der Waals surface area contributed by atoms with Crippen LogP contribution < -0.4 is 5.32 Å². The molecule has 0 saturated carbocycles. The van der Waals surface area contributed by atoms with E-state index in [0.717, 1.165) is 22.2 Å². The van der Waals surface area contributed by atoms with Gasteiger partial charge in [-0.15, -0.1) is 0 Å². The lowest BCUT2D eigenvalue weighted by Gasteiger charge is -2.08. The molecule has 0 unspecified atom stereocenters. The zero-order chi connectivity index (χ0) is 18.0. The second kappa shape index (κ2) is 7.06. The maximum absolute atomic E-state index is 12.3. The van der Waals surface area contributed by atoms with Gasteiger partial charge in [-0.25, -0.2) is 15.0 Å². The molecular formula is C16H19N7OS. The van der Waals surface area contributed by atoms with E-state index >= 15 is 0 Å². The minimum absolute atomic E-state index is 0.140. The maximum Gasteiger partial charge on any atom is 0.252 e. The molecule has 0 aliphatic heterocycles. The third-order valence-corrected chi connectivity index (χ3v) is 4.43. The highest BCUT2D eigenvalue weighted by Gasteiger charge is 2.14. The molecule has 3 aromatic rings. The van der Waals surface area contributed by atoms with Gasteiger partial charge in [0.05, 0.1) is 11.4 Å². The second-order valence-electron chi connectivity index (χ2n) is 5.69. The summed E-state index contributed by atoms with van der Waals surface area (Å²) >= 11 is 1.37. The fourth-order valence-electron chi connectivity index (χ4n) is 2.34. The topological polar surface area (TPSA) is 90.5 Å². The van der Waals surface area contributed by atoms with Crippen molar-refractivity contribution in [1.82, 2.24) is 29.3 Å². The normalized spacial score (nSPS) is 10.9. The monoisotopic (exact) mass is 357 g/mol. The number of nitrogens with one attached hydrogen (secondary N) is 1. The molecule has 1 amide bonds. The van der Waals surface area contributed by atoms with Crippen molar-refractivity contribution in [3.05, 3.63) is 41.6 Å². The molecule has 9 heteroatoms. The van der Waals surface area contributed by atoms with Gasteiger partial charge in [-0.3, -0.25) is 4.79 Å². The van der Waals surface area contributed by atoms with E-state index in [2.05, 4.69) is 25.4 Å². The van der Waals surface area contributed by atoms with Crippen molar-refractivity contribution in [3.63, 3.8) is 0 Å². The number of hydrogen-bond acceptors (Lipinski definition) is 6. The Balaban J connectivity index is 1.76. The average Bonchev–Trinajstić information content (AvgIpc) is 3.10. The van der Waals surface area contributed by atoms with Crippen LogP contribution in [0.1, 0.15) is 17.1 Å². The third-order valence-electron chi connectivity index (χ3n) is 3.37. The van der Waals surface area contributed by atoms with E-state index in [4.69, 9.17) is 0 Å². The minimum Gasteiger partial charge on any atom is -0.329 e. The van der Waals surface area contributed by atoms with E-state index in [0.29, 0.717) is 11.8 Å². The summed E-state index contributed by atoms with van der Waals surface area (Å²) in [4.78, 5) is 25.3. The van der Waals surface area contributed by atoms with Gasteiger partial charge in [0.25, 0.3) is 5.95 Å². The number of amides is 1. The van der Waals surface area contributed by atoms with Crippen LogP contribution in [0.4, 0.5) is 5.82 Å². The standard InChI is InChI=1S/C16H19N7OS/c1-10-7-11(2)19-15(18-10)23-13(8-12(3)21-23)20-14(24)9-25-16-17-5-6-22(16)4/h5-8H,9H2,1-4H3,(H,20,24). The van der Waals surface area contributed by atoms with Crippen LogP contribution in [0, 0.1) is 20.8 Å². The minimum atomic E-state index is -0.140. The summed E-state index contributed by atoms with van der Waals surface area (Å²) in [5, 5.41) is 8.06. The highest BCUT2D eigenvalue weighted by atomic mass is 32.2. The van der Waals surface area contributed by atoms with E-state index in [9.17, 15) is 4.79 Å². The van der Waals surface area contributed by atoms with Crippen LogP contribution in [-0.2, 0) is 11.8 Å². The molecule has 0 aromatic carbocycles. The Morgan fingerprint density at radius 3 is 2.52 bits per heavy atom. The molecule has 0 aliphatic carbocycles. The van der Waals surface area contributed by atoms with Crippen molar-refractivity contribution in [1.29, 1.82) is 0 Å². The van der Waals surface area contributed by atoms with Crippen molar-refractivity contribution < 1.29 is 4.79 Å². The third kappa shape index (κ3) is 4.05. The molecule has 0 fully saturated rings. The van der Waals surface area contributed by atoms with Gasteiger partial charge in [0, 0.05) is 36.9 Å². The van der Waals surface area contributed by atoms with Crippen molar-refractivity contribution in [2.45, 2.75) is 25.9 Å². The summed E-state index contributed by atoms with van der Waals surface area (Å²) in [6.45, 7) is 5.66. The molecule has 0 spiro atoms. The van der Waals surface area contributed by atoms with Gasteiger partial charge in [-0.05, 0) is 26.8 Å². The number of thioether (sulfide) groups is 1. The first kappa shape index (κ1) is 17.2. The van der Waals surface area contributed by atoms with Gasteiger partial charge in [0.2, 0.25) is 5.91 Å². The van der Waals surface area contributed by atoms with Crippen LogP contribution >= 0.6 is 11.8 Å². The molecule has 25 heavy (non-hydrogen) atoms. The smallest absolute Gasteiger partial charge is 0.252 e. The van der Waals surface area contributed by atoms with Gasteiger partial charge < -0.3 is 9.88 Å². The Morgan fingerprint density at radius 1 is 1.16 bits per heavy atom. The maximum atomic E-state index is 12.3. The Morgan fingerprint density at radius 2 is 1.88 bits per heavy atom. The highest BCUT2D eigenvalue weighted by molar-refractivity contribution is 7.99. The van der Waals surface area contributed by atoms with Crippen LogP contribution in [0.3, 0.4) is 0 Å². The fraction of sp³-hybridized carbons (Fsp3) is 0.312. The number of nitrogens with zero attached hydrogens (tertiary/aromatic N) is 6. The molecule has 0 aliphatic rings. The van der Waals surface area contributed by atoms with E-state index in [-0.39, 0.29) is 11.7 Å². The molecular weight excluding hydrogens is 338 g/mol. The molecule has 3 aromatic heterocycles. The summed E-state index contributed by atoms with van der Waals surface area (Å²) < 4.78 is 3.42. The lowest BCUT2D eigenvalue weighted by Crippen LogP contribution is -2.18. The number of aryl methyl sites for hydroxylation is 4. The second-order valence-corrected chi connectivity index (χ2v) is 6.63.